The lowest BCUT2D eigenvalue weighted by Crippen LogP contribution is -2.36. The van der Waals surface area contributed by atoms with Crippen molar-refractivity contribution in [2.75, 3.05) is 38.0 Å². The van der Waals surface area contributed by atoms with E-state index in [1.807, 2.05) is 35.3 Å². The van der Waals surface area contributed by atoms with E-state index in [9.17, 15) is 9.90 Å². The van der Waals surface area contributed by atoms with Crippen LogP contribution in [0.5, 0.6) is 5.75 Å². The Labute approximate surface area is 167 Å². The third-order valence-corrected chi connectivity index (χ3v) is 5.18. The average molecular weight is 382 g/mol. The number of hydrogen-bond acceptors (Lipinski definition) is 4. The first kappa shape index (κ1) is 20.2. The van der Waals surface area contributed by atoms with E-state index in [0.717, 1.165) is 69.7 Å². The Morgan fingerprint density at radius 1 is 1.11 bits per heavy atom. The number of para-hydroxylation sites is 2. The normalized spacial score (nSPS) is 16.9. The molecule has 5 nitrogen and oxygen atoms in total. The van der Waals surface area contributed by atoms with Crippen LogP contribution in [0.1, 0.15) is 32.1 Å². The summed E-state index contributed by atoms with van der Waals surface area (Å²) in [6.45, 7) is 4.30. The van der Waals surface area contributed by atoms with Gasteiger partial charge in [0.15, 0.2) is 0 Å². The number of anilines is 1. The van der Waals surface area contributed by atoms with Gasteiger partial charge in [-0.05, 0) is 56.9 Å². The molecule has 3 rings (SSSR count). The van der Waals surface area contributed by atoms with Gasteiger partial charge in [0.1, 0.15) is 5.75 Å². The first-order chi connectivity index (χ1) is 13.7. The van der Waals surface area contributed by atoms with Crippen molar-refractivity contribution in [1.29, 1.82) is 0 Å². The number of carbonyl (C=O) groups is 1. The van der Waals surface area contributed by atoms with E-state index in [4.69, 9.17) is 0 Å². The van der Waals surface area contributed by atoms with Gasteiger partial charge in [0.2, 0.25) is 0 Å². The molecule has 0 bridgehead atoms. The smallest absolute Gasteiger partial charge is 0.253 e. The number of carbonyl (C=O) groups excluding carboxylic acids is 1. The Morgan fingerprint density at radius 2 is 1.93 bits per heavy atom. The van der Waals surface area contributed by atoms with Crippen molar-refractivity contribution in [1.82, 2.24) is 10.2 Å². The highest BCUT2D eigenvalue weighted by molar-refractivity contribution is 5.96. The number of hydrogen-bond donors (Lipinski definition) is 3. The number of likely N-dealkylation sites (tertiary alicyclic amines) is 1. The Hall–Kier alpha value is -2.53. The molecule has 0 aromatic heterocycles. The van der Waals surface area contributed by atoms with Gasteiger partial charge in [-0.25, -0.2) is 0 Å². The van der Waals surface area contributed by atoms with Crippen molar-refractivity contribution in [3.05, 3.63) is 59.7 Å². The van der Waals surface area contributed by atoms with Crippen LogP contribution >= 0.6 is 0 Å². The van der Waals surface area contributed by atoms with Crippen LogP contribution in [0.2, 0.25) is 0 Å². The fraction of sp³-hybridized carbons (Fsp3) is 0.435. The van der Waals surface area contributed by atoms with Crippen molar-refractivity contribution < 1.29 is 9.90 Å². The molecule has 1 aliphatic heterocycles. The molecule has 0 spiro atoms. The number of phenolic OH excluding ortho intramolecular Hbond substituents is 1. The van der Waals surface area contributed by atoms with Gasteiger partial charge < -0.3 is 20.6 Å². The summed E-state index contributed by atoms with van der Waals surface area (Å²) in [6.07, 6.45) is 13.4. The van der Waals surface area contributed by atoms with Crippen LogP contribution in [0, 0.1) is 0 Å². The minimum Gasteiger partial charge on any atom is -0.506 e. The summed E-state index contributed by atoms with van der Waals surface area (Å²) in [6, 6.07) is 7.28. The van der Waals surface area contributed by atoms with Gasteiger partial charge in [0, 0.05) is 31.8 Å². The number of amides is 1. The number of benzene rings is 1. The topological polar surface area (TPSA) is 64.6 Å². The third-order valence-electron chi connectivity index (χ3n) is 5.18. The lowest BCUT2D eigenvalue weighted by atomic mass is 10.1. The zero-order chi connectivity index (χ0) is 19.6. The van der Waals surface area contributed by atoms with Crippen molar-refractivity contribution in [3.63, 3.8) is 0 Å². The van der Waals surface area contributed by atoms with Gasteiger partial charge in [-0.2, -0.15) is 0 Å². The number of phenols is 1. The van der Waals surface area contributed by atoms with Crippen LogP contribution < -0.4 is 10.6 Å². The fourth-order valence-corrected chi connectivity index (χ4v) is 3.54. The van der Waals surface area contributed by atoms with Crippen molar-refractivity contribution in [2.24, 2.45) is 0 Å². The summed E-state index contributed by atoms with van der Waals surface area (Å²) < 4.78 is 0. The molecule has 0 unspecified atom stereocenters. The Kier molecular flexibility index (Phi) is 7.73. The van der Waals surface area contributed by atoms with Crippen LogP contribution in [0.4, 0.5) is 5.69 Å². The second-order valence-corrected chi connectivity index (χ2v) is 7.37. The molecular weight excluding hydrogens is 350 g/mol. The first-order valence-electron chi connectivity index (χ1n) is 10.3. The summed E-state index contributed by atoms with van der Waals surface area (Å²) in [5, 5.41) is 16.4. The quantitative estimate of drug-likeness (QED) is 0.475. The van der Waals surface area contributed by atoms with E-state index in [2.05, 4.69) is 22.8 Å². The van der Waals surface area contributed by atoms with Gasteiger partial charge in [-0.15, -0.1) is 0 Å². The molecule has 2 aliphatic rings. The Morgan fingerprint density at radius 3 is 2.75 bits per heavy atom. The fourth-order valence-electron chi connectivity index (χ4n) is 3.54. The van der Waals surface area contributed by atoms with Crippen molar-refractivity contribution in [3.8, 4) is 5.75 Å². The molecule has 5 heteroatoms. The molecule has 0 atom stereocenters. The number of aromatic hydroxyl groups is 1. The van der Waals surface area contributed by atoms with Crippen LogP contribution in [-0.4, -0.2) is 48.6 Å². The van der Waals surface area contributed by atoms with E-state index >= 15 is 0 Å². The SMILES string of the molecule is O=C(C1=CCC(CNCCCNc2ccccc2O)=CC=C1)N1CCCCC1. The number of nitrogens with zero attached hydrogens (tertiary/aromatic N) is 1. The Bertz CT molecular complexity index is 746. The zero-order valence-corrected chi connectivity index (χ0v) is 16.5. The third kappa shape index (κ3) is 5.99. The van der Waals surface area contributed by atoms with Gasteiger partial charge in [0.05, 0.1) is 5.69 Å². The van der Waals surface area contributed by atoms with Crippen LogP contribution in [0.3, 0.4) is 0 Å². The molecule has 1 aromatic rings. The molecule has 28 heavy (non-hydrogen) atoms. The molecule has 0 saturated carbocycles. The van der Waals surface area contributed by atoms with Gasteiger partial charge >= 0.3 is 0 Å². The van der Waals surface area contributed by atoms with E-state index in [0.29, 0.717) is 0 Å². The summed E-state index contributed by atoms with van der Waals surface area (Å²) >= 11 is 0. The monoisotopic (exact) mass is 381 g/mol. The number of rotatable bonds is 8. The summed E-state index contributed by atoms with van der Waals surface area (Å²) in [5.74, 6) is 0.460. The van der Waals surface area contributed by atoms with E-state index in [1.165, 1.54) is 12.0 Å². The predicted octanol–water partition coefficient (Wildman–Crippen LogP) is 3.61. The summed E-state index contributed by atoms with van der Waals surface area (Å²) in [5.41, 5.74) is 2.88. The number of piperidine rings is 1. The average Bonchev–Trinajstić information content (AvgIpc) is 2.97. The van der Waals surface area contributed by atoms with Crippen molar-refractivity contribution >= 4 is 11.6 Å². The predicted molar refractivity (Wildman–Crippen MR) is 114 cm³/mol. The maximum Gasteiger partial charge on any atom is 0.253 e. The van der Waals surface area contributed by atoms with E-state index in [-0.39, 0.29) is 11.7 Å². The van der Waals surface area contributed by atoms with Crippen molar-refractivity contribution in [2.45, 2.75) is 32.1 Å². The maximum absolute atomic E-state index is 12.6. The lowest BCUT2D eigenvalue weighted by molar-refractivity contribution is -0.127. The van der Waals surface area contributed by atoms with Crippen LogP contribution in [0.25, 0.3) is 0 Å². The summed E-state index contributed by atoms with van der Waals surface area (Å²) in [7, 11) is 0. The highest BCUT2D eigenvalue weighted by atomic mass is 16.3. The minimum atomic E-state index is 0.175. The maximum atomic E-state index is 12.6. The number of nitrogens with one attached hydrogen (secondary N) is 2. The Balaban J connectivity index is 1.35. The molecular formula is C23H31N3O2. The molecule has 1 aromatic carbocycles. The molecule has 1 amide bonds. The lowest BCUT2D eigenvalue weighted by Gasteiger charge is -2.27. The van der Waals surface area contributed by atoms with Gasteiger partial charge in [-0.3, -0.25) is 4.79 Å². The van der Waals surface area contributed by atoms with E-state index < -0.39 is 0 Å². The highest BCUT2D eigenvalue weighted by Gasteiger charge is 2.19. The zero-order valence-electron chi connectivity index (χ0n) is 16.5. The van der Waals surface area contributed by atoms with Crippen LogP contribution in [0.15, 0.2) is 59.7 Å². The molecule has 1 aliphatic carbocycles. The molecule has 0 radical (unpaired) electrons. The molecule has 3 N–H and O–H groups in total. The summed E-state index contributed by atoms with van der Waals surface area (Å²) in [4.78, 5) is 14.6. The van der Waals surface area contributed by atoms with E-state index in [1.54, 1.807) is 6.07 Å². The molecule has 1 heterocycles. The van der Waals surface area contributed by atoms with Gasteiger partial charge in [0.25, 0.3) is 5.91 Å². The first-order valence-corrected chi connectivity index (χ1v) is 10.3. The van der Waals surface area contributed by atoms with Gasteiger partial charge in [-0.1, -0.05) is 35.9 Å². The largest absolute Gasteiger partial charge is 0.506 e. The molecule has 1 saturated heterocycles. The second-order valence-electron chi connectivity index (χ2n) is 7.37. The second kappa shape index (κ2) is 10.7. The minimum absolute atomic E-state index is 0.175. The van der Waals surface area contributed by atoms with Crippen LogP contribution in [-0.2, 0) is 4.79 Å². The number of allylic oxidation sites excluding steroid dienone is 3. The molecule has 1 fully saturated rings. The standard InChI is InChI=1S/C23H31N3O2/c27-22-11-3-2-10-21(22)25-15-7-14-24-18-19-8-6-9-20(13-12-19)23(28)26-16-4-1-5-17-26/h2-3,6,8-11,13,24-25,27H,1,4-5,7,12,14-18H2. The highest BCUT2D eigenvalue weighted by Crippen LogP contribution is 2.21. The molecule has 150 valence electrons.